The van der Waals surface area contributed by atoms with Gasteiger partial charge in [-0.1, -0.05) is 13.8 Å². The Kier molecular flexibility index (Phi) is 7.98. The van der Waals surface area contributed by atoms with Crippen LogP contribution in [-0.2, 0) is 4.79 Å². The number of likely N-dealkylation sites (N-methyl/N-ethyl adjacent to an activating group) is 1. The summed E-state index contributed by atoms with van der Waals surface area (Å²) in [6.45, 7) is 10.6. The summed E-state index contributed by atoms with van der Waals surface area (Å²) in [6, 6.07) is 7.54. The van der Waals surface area contributed by atoms with Gasteiger partial charge in [0.25, 0.3) is 11.5 Å². The lowest BCUT2D eigenvalue weighted by Gasteiger charge is -2.17. The zero-order valence-electron chi connectivity index (χ0n) is 16.0. The number of nitrogens with one attached hydrogen (secondary N) is 2. The maximum Gasteiger partial charge on any atom is 0.293 e. The molecule has 0 unspecified atom stereocenters. The van der Waals surface area contributed by atoms with E-state index in [9.17, 15) is 9.59 Å². The molecule has 0 saturated carbocycles. The highest BCUT2D eigenvalue weighted by atomic mass is 16.5. The van der Waals surface area contributed by atoms with Gasteiger partial charge in [0.2, 0.25) is 0 Å². The first kappa shape index (κ1) is 20.5. The summed E-state index contributed by atoms with van der Waals surface area (Å²) in [7, 11) is 1.53. The number of anilines is 1. The summed E-state index contributed by atoms with van der Waals surface area (Å²) >= 11 is 0. The van der Waals surface area contributed by atoms with Gasteiger partial charge in [-0.25, -0.2) is 0 Å². The van der Waals surface area contributed by atoms with Gasteiger partial charge in [0, 0.05) is 30.7 Å². The van der Waals surface area contributed by atoms with Crippen LogP contribution in [0.3, 0.4) is 0 Å². The number of fused-ring (bicyclic) bond motifs is 1. The highest BCUT2D eigenvalue weighted by Gasteiger charge is 2.14. The van der Waals surface area contributed by atoms with Gasteiger partial charge in [0.15, 0.2) is 12.4 Å². The fourth-order valence-electron chi connectivity index (χ4n) is 2.47. The molecule has 2 aromatic rings. The fraction of sp³-hybridized carbons (Fsp3) is 0.474. The second kappa shape index (κ2) is 9.71. The molecule has 1 aromatic heterocycles. The molecule has 1 amide bonds. The molecule has 0 aliphatic carbocycles. The number of hydrogen-bond donors (Lipinski definition) is 2. The van der Waals surface area contributed by atoms with Crippen LogP contribution in [0.2, 0.25) is 0 Å². The Morgan fingerprint density at radius 3 is 2.48 bits per heavy atom. The predicted octanol–water partition coefficient (Wildman–Crippen LogP) is 3.17. The number of hydrogen-bond acceptors (Lipinski definition) is 4. The van der Waals surface area contributed by atoms with Crippen molar-refractivity contribution in [1.29, 1.82) is 0 Å². The largest absolute Gasteiger partial charge is 0.478 e. The Bertz CT molecular complexity index is 766. The van der Waals surface area contributed by atoms with Crippen LogP contribution in [0.25, 0.3) is 10.9 Å². The zero-order chi connectivity index (χ0) is 19.0. The monoisotopic (exact) mass is 347 g/mol. The lowest BCUT2D eigenvalue weighted by molar-refractivity contribution is -0.122. The maximum absolute atomic E-state index is 12.6. The summed E-state index contributed by atoms with van der Waals surface area (Å²) in [4.78, 5) is 24.0. The quantitative estimate of drug-likeness (QED) is 0.842. The number of rotatable bonds is 6. The molecule has 0 atom stereocenters. The predicted molar refractivity (Wildman–Crippen MR) is 104 cm³/mol. The van der Waals surface area contributed by atoms with Gasteiger partial charge in [-0.3, -0.25) is 9.59 Å². The average Bonchev–Trinajstić information content (AvgIpc) is 2.61. The highest BCUT2D eigenvalue weighted by Crippen LogP contribution is 2.23. The molecule has 6 nitrogen and oxygen atoms in total. The van der Waals surface area contributed by atoms with Crippen LogP contribution in [0.4, 0.5) is 5.69 Å². The Morgan fingerprint density at radius 2 is 1.92 bits per heavy atom. The molecular weight excluding hydrogens is 318 g/mol. The fourth-order valence-corrected chi connectivity index (χ4v) is 2.47. The van der Waals surface area contributed by atoms with E-state index in [4.69, 9.17) is 4.74 Å². The van der Waals surface area contributed by atoms with E-state index in [0.29, 0.717) is 0 Å². The number of benzene rings is 1. The van der Waals surface area contributed by atoms with E-state index in [2.05, 4.69) is 10.6 Å². The van der Waals surface area contributed by atoms with Crippen molar-refractivity contribution in [2.75, 3.05) is 25.5 Å². The first-order chi connectivity index (χ1) is 12.0. The number of pyridine rings is 1. The molecule has 0 bridgehead atoms. The number of ether oxygens (including phenoxy) is 1. The lowest BCUT2D eigenvalue weighted by atomic mass is 10.1. The van der Waals surface area contributed by atoms with Crippen LogP contribution >= 0.6 is 0 Å². The Hall–Kier alpha value is -2.50. The molecule has 0 fully saturated rings. The second-order valence-corrected chi connectivity index (χ2v) is 5.54. The first-order valence-corrected chi connectivity index (χ1v) is 8.74. The Labute approximate surface area is 149 Å². The molecule has 138 valence electrons. The number of aromatic nitrogens is 1. The SMILES string of the molecule is CC.CCNc1ccc2c(c1)cc(OCC(=O)NC)c(=O)n2C(C)C. The van der Waals surface area contributed by atoms with E-state index in [1.165, 1.54) is 7.05 Å². The van der Waals surface area contributed by atoms with Gasteiger partial charge in [-0.15, -0.1) is 0 Å². The van der Waals surface area contributed by atoms with Crippen molar-refractivity contribution in [2.45, 2.75) is 40.7 Å². The normalized spacial score (nSPS) is 10.2. The third-order valence-corrected chi connectivity index (χ3v) is 3.54. The van der Waals surface area contributed by atoms with E-state index >= 15 is 0 Å². The van der Waals surface area contributed by atoms with Crippen molar-refractivity contribution in [1.82, 2.24) is 9.88 Å². The van der Waals surface area contributed by atoms with Crippen LogP contribution in [0.5, 0.6) is 5.75 Å². The third kappa shape index (κ3) is 4.98. The lowest BCUT2D eigenvalue weighted by Crippen LogP contribution is -2.29. The number of nitrogens with zero attached hydrogens (tertiary/aromatic N) is 1. The van der Waals surface area contributed by atoms with Gasteiger partial charge >= 0.3 is 0 Å². The van der Waals surface area contributed by atoms with E-state index < -0.39 is 0 Å². The summed E-state index contributed by atoms with van der Waals surface area (Å²) < 4.78 is 7.11. The molecule has 2 rings (SSSR count). The van der Waals surface area contributed by atoms with Crippen molar-refractivity contribution >= 4 is 22.5 Å². The van der Waals surface area contributed by atoms with Crippen molar-refractivity contribution in [3.05, 3.63) is 34.6 Å². The molecule has 25 heavy (non-hydrogen) atoms. The third-order valence-electron chi connectivity index (χ3n) is 3.54. The topological polar surface area (TPSA) is 72.4 Å². The number of carbonyl (C=O) groups is 1. The Morgan fingerprint density at radius 1 is 1.24 bits per heavy atom. The summed E-state index contributed by atoms with van der Waals surface area (Å²) in [5.41, 5.74) is 1.60. The molecule has 1 heterocycles. The van der Waals surface area contributed by atoms with Crippen LogP contribution in [0.1, 0.15) is 40.7 Å². The number of amides is 1. The molecule has 2 N–H and O–H groups in total. The van der Waals surface area contributed by atoms with Crippen molar-refractivity contribution < 1.29 is 9.53 Å². The minimum atomic E-state index is -0.276. The van der Waals surface area contributed by atoms with Crippen LogP contribution in [0.15, 0.2) is 29.1 Å². The molecule has 6 heteroatoms. The molecule has 1 aromatic carbocycles. The molecule has 0 aliphatic rings. The molecule has 0 saturated heterocycles. The first-order valence-electron chi connectivity index (χ1n) is 8.74. The minimum absolute atomic E-state index is 0.0152. The van der Waals surface area contributed by atoms with Crippen LogP contribution in [-0.4, -0.2) is 30.7 Å². The molecule has 0 aliphatic heterocycles. The van der Waals surface area contributed by atoms with E-state index in [-0.39, 0.29) is 29.9 Å². The smallest absolute Gasteiger partial charge is 0.293 e. The van der Waals surface area contributed by atoms with Gasteiger partial charge < -0.3 is 19.9 Å². The minimum Gasteiger partial charge on any atom is -0.478 e. The van der Waals surface area contributed by atoms with Crippen LogP contribution < -0.4 is 20.9 Å². The summed E-state index contributed by atoms with van der Waals surface area (Å²) in [5.74, 6) is -0.0922. The standard InChI is InChI=1S/C17H23N3O3.C2H6/c1-5-19-13-6-7-14-12(8-13)9-15(23-10-16(21)18-4)17(22)20(14)11(2)3;1-2/h6-9,11,19H,5,10H2,1-4H3,(H,18,21);1-2H3. The zero-order valence-corrected chi connectivity index (χ0v) is 16.0. The highest BCUT2D eigenvalue weighted by molar-refractivity contribution is 5.84. The number of carbonyl (C=O) groups excluding carboxylic acids is 1. The molecule has 0 spiro atoms. The molecule has 0 radical (unpaired) electrons. The van der Waals surface area contributed by atoms with E-state index in [1.54, 1.807) is 10.6 Å². The summed E-state index contributed by atoms with van der Waals surface area (Å²) in [6.07, 6.45) is 0. The van der Waals surface area contributed by atoms with Crippen molar-refractivity contribution in [3.63, 3.8) is 0 Å². The average molecular weight is 347 g/mol. The van der Waals surface area contributed by atoms with Crippen molar-refractivity contribution in [2.24, 2.45) is 0 Å². The van der Waals surface area contributed by atoms with Gasteiger partial charge in [0.05, 0.1) is 5.52 Å². The van der Waals surface area contributed by atoms with E-state index in [1.807, 2.05) is 52.8 Å². The second-order valence-electron chi connectivity index (χ2n) is 5.54. The summed E-state index contributed by atoms with van der Waals surface area (Å²) in [5, 5.41) is 6.61. The Balaban J connectivity index is 0.00000151. The van der Waals surface area contributed by atoms with Crippen molar-refractivity contribution in [3.8, 4) is 5.75 Å². The molecular formula is C19H29N3O3. The van der Waals surface area contributed by atoms with Crippen LogP contribution in [0, 0.1) is 0 Å². The van der Waals surface area contributed by atoms with Gasteiger partial charge in [-0.2, -0.15) is 0 Å². The van der Waals surface area contributed by atoms with Gasteiger partial charge in [-0.05, 0) is 45.0 Å². The van der Waals surface area contributed by atoms with E-state index in [0.717, 1.165) is 23.1 Å². The maximum atomic E-state index is 12.6. The van der Waals surface area contributed by atoms with Gasteiger partial charge in [0.1, 0.15) is 0 Å².